The molecule has 1 unspecified atom stereocenters. The highest BCUT2D eigenvalue weighted by molar-refractivity contribution is 7.82. The molecular formula is C26H38N4O4S. The van der Waals surface area contributed by atoms with Crippen LogP contribution in [0.15, 0.2) is 41.3 Å². The van der Waals surface area contributed by atoms with Gasteiger partial charge in [-0.15, -0.1) is 0 Å². The van der Waals surface area contributed by atoms with Crippen molar-refractivity contribution in [1.29, 1.82) is 0 Å². The second-order valence-corrected chi connectivity index (χ2v) is 10.5. The number of methoxy groups -OCH3 is 1. The minimum atomic E-state index is -1.52. The SMILES string of the molecule is COc1cc(C)c(S(=O)N(C)CC(=O)NCC(=O)N(C)Cc2ccc(CNC(C)C)cc2)c(C)c1. The Labute approximate surface area is 211 Å². The summed E-state index contributed by atoms with van der Waals surface area (Å²) in [5, 5.41) is 6.01. The van der Waals surface area contributed by atoms with Crippen LogP contribution in [0.2, 0.25) is 0 Å². The van der Waals surface area contributed by atoms with Crippen molar-refractivity contribution in [3.8, 4) is 5.75 Å². The van der Waals surface area contributed by atoms with Crippen LogP contribution < -0.4 is 15.4 Å². The lowest BCUT2D eigenvalue weighted by Gasteiger charge is -2.20. The molecule has 2 amide bonds. The summed E-state index contributed by atoms with van der Waals surface area (Å²) in [4.78, 5) is 27.1. The standard InChI is InChI=1S/C26H38N4O4S/c1-18(2)27-14-21-8-10-22(11-9-21)16-29(5)25(32)15-28-24(31)17-30(6)35(33)26-19(3)12-23(34-7)13-20(26)4/h8-13,18,27H,14-17H2,1-7H3,(H,28,31). The number of nitrogens with zero attached hydrogens (tertiary/aromatic N) is 2. The molecule has 0 aliphatic heterocycles. The highest BCUT2D eigenvalue weighted by Gasteiger charge is 2.20. The minimum Gasteiger partial charge on any atom is -0.497 e. The Hall–Kier alpha value is -2.75. The number of ether oxygens (including phenoxy) is 1. The van der Waals surface area contributed by atoms with E-state index in [1.165, 1.54) is 9.87 Å². The molecule has 0 radical (unpaired) electrons. The predicted molar refractivity (Wildman–Crippen MR) is 139 cm³/mol. The fraction of sp³-hybridized carbons (Fsp3) is 0.462. The summed E-state index contributed by atoms with van der Waals surface area (Å²) >= 11 is 0. The van der Waals surface area contributed by atoms with E-state index in [-0.39, 0.29) is 24.9 Å². The van der Waals surface area contributed by atoms with Crippen LogP contribution in [0.1, 0.15) is 36.1 Å². The Morgan fingerprint density at radius 1 is 1.03 bits per heavy atom. The van der Waals surface area contributed by atoms with Gasteiger partial charge in [-0.3, -0.25) is 9.59 Å². The summed E-state index contributed by atoms with van der Waals surface area (Å²) in [6.45, 7) is 8.97. The first kappa shape index (κ1) is 28.5. The summed E-state index contributed by atoms with van der Waals surface area (Å²) < 4.78 is 19.7. The number of carbonyl (C=O) groups excluding carboxylic acids is 2. The van der Waals surface area contributed by atoms with E-state index in [1.807, 2.05) is 50.2 Å². The molecule has 0 bridgehead atoms. The fourth-order valence-electron chi connectivity index (χ4n) is 3.53. The van der Waals surface area contributed by atoms with E-state index in [0.717, 1.165) is 23.2 Å². The van der Waals surface area contributed by atoms with Gasteiger partial charge in [-0.2, -0.15) is 0 Å². The van der Waals surface area contributed by atoms with Crippen LogP contribution in [-0.4, -0.2) is 65.6 Å². The highest BCUT2D eigenvalue weighted by atomic mass is 32.2. The molecule has 8 nitrogen and oxygen atoms in total. The van der Waals surface area contributed by atoms with Gasteiger partial charge in [-0.05, 0) is 48.2 Å². The van der Waals surface area contributed by atoms with E-state index in [0.29, 0.717) is 23.2 Å². The molecule has 0 aliphatic rings. The third-order valence-electron chi connectivity index (χ3n) is 5.51. The summed E-state index contributed by atoms with van der Waals surface area (Å²) in [7, 11) is 3.39. The normalized spacial score (nSPS) is 12.0. The van der Waals surface area contributed by atoms with Gasteiger partial charge in [0.25, 0.3) is 0 Å². The maximum absolute atomic E-state index is 13.0. The van der Waals surface area contributed by atoms with Crippen molar-refractivity contribution in [2.45, 2.75) is 51.7 Å². The number of nitrogens with one attached hydrogen (secondary N) is 2. The van der Waals surface area contributed by atoms with Gasteiger partial charge in [0.1, 0.15) is 16.7 Å². The van der Waals surface area contributed by atoms with E-state index in [4.69, 9.17) is 4.74 Å². The van der Waals surface area contributed by atoms with E-state index < -0.39 is 11.0 Å². The second kappa shape index (κ2) is 13.4. The summed E-state index contributed by atoms with van der Waals surface area (Å²) in [5.74, 6) is 0.130. The van der Waals surface area contributed by atoms with Crippen molar-refractivity contribution in [3.63, 3.8) is 0 Å². The Balaban J connectivity index is 1.84. The molecule has 35 heavy (non-hydrogen) atoms. The number of carbonyl (C=O) groups is 2. The van der Waals surface area contributed by atoms with Gasteiger partial charge in [0.15, 0.2) is 0 Å². The van der Waals surface area contributed by atoms with Crippen molar-refractivity contribution in [3.05, 3.63) is 58.7 Å². The Morgan fingerprint density at radius 2 is 1.60 bits per heavy atom. The average Bonchev–Trinajstić information content (AvgIpc) is 2.81. The lowest BCUT2D eigenvalue weighted by Crippen LogP contribution is -2.42. The monoisotopic (exact) mass is 502 g/mol. The van der Waals surface area contributed by atoms with Crippen molar-refractivity contribution in [2.24, 2.45) is 0 Å². The predicted octanol–water partition coefficient (Wildman–Crippen LogP) is 2.54. The van der Waals surface area contributed by atoms with E-state index >= 15 is 0 Å². The van der Waals surface area contributed by atoms with Gasteiger partial charge in [-0.25, -0.2) is 8.51 Å². The number of hydrogen-bond donors (Lipinski definition) is 2. The molecule has 0 spiro atoms. The van der Waals surface area contributed by atoms with Crippen molar-refractivity contribution in [2.75, 3.05) is 34.3 Å². The quantitative estimate of drug-likeness (QED) is 0.466. The molecule has 0 saturated carbocycles. The molecule has 1 atom stereocenters. The highest BCUT2D eigenvalue weighted by Crippen LogP contribution is 2.25. The summed E-state index contributed by atoms with van der Waals surface area (Å²) in [6, 6.07) is 12.2. The number of amides is 2. The maximum Gasteiger partial charge on any atom is 0.242 e. The van der Waals surface area contributed by atoms with E-state index in [9.17, 15) is 13.8 Å². The third kappa shape index (κ3) is 8.76. The average molecular weight is 503 g/mol. The zero-order valence-corrected chi connectivity index (χ0v) is 22.6. The Kier molecular flexibility index (Phi) is 10.9. The van der Waals surface area contributed by atoms with Crippen molar-refractivity contribution < 1.29 is 18.5 Å². The lowest BCUT2D eigenvalue weighted by atomic mass is 10.1. The van der Waals surface area contributed by atoms with Crippen LogP contribution >= 0.6 is 0 Å². The van der Waals surface area contributed by atoms with Crippen molar-refractivity contribution >= 4 is 22.8 Å². The summed E-state index contributed by atoms with van der Waals surface area (Å²) in [5.41, 5.74) is 3.85. The maximum atomic E-state index is 13.0. The van der Waals surface area contributed by atoms with Gasteiger partial charge in [-0.1, -0.05) is 38.1 Å². The van der Waals surface area contributed by atoms with Crippen LogP contribution in [0.3, 0.4) is 0 Å². The molecule has 2 aromatic carbocycles. The lowest BCUT2D eigenvalue weighted by molar-refractivity contribution is -0.132. The van der Waals surface area contributed by atoms with Crippen LogP contribution in [0.25, 0.3) is 0 Å². The molecule has 192 valence electrons. The minimum absolute atomic E-state index is 0.0968. The molecule has 0 fully saturated rings. The molecule has 2 N–H and O–H groups in total. The Morgan fingerprint density at radius 3 is 2.14 bits per heavy atom. The van der Waals surface area contributed by atoms with Gasteiger partial charge in [0.05, 0.1) is 25.1 Å². The van der Waals surface area contributed by atoms with Crippen LogP contribution in [0, 0.1) is 13.8 Å². The number of aryl methyl sites for hydroxylation is 2. The summed E-state index contributed by atoms with van der Waals surface area (Å²) in [6.07, 6.45) is 0. The number of likely N-dealkylation sites (N-methyl/N-ethyl adjacent to an activating group) is 2. The number of benzene rings is 2. The Bertz CT molecular complexity index is 1020. The molecule has 9 heteroatoms. The zero-order chi connectivity index (χ0) is 26.1. The molecule has 2 rings (SSSR count). The van der Waals surface area contributed by atoms with Gasteiger partial charge < -0.3 is 20.3 Å². The third-order valence-corrected chi connectivity index (χ3v) is 7.20. The number of rotatable bonds is 12. The second-order valence-electron chi connectivity index (χ2n) is 9.00. The smallest absolute Gasteiger partial charge is 0.242 e. The first-order valence-corrected chi connectivity index (χ1v) is 12.7. The van der Waals surface area contributed by atoms with Gasteiger partial charge in [0, 0.05) is 33.2 Å². The number of hydrogen-bond acceptors (Lipinski definition) is 5. The zero-order valence-electron chi connectivity index (χ0n) is 21.8. The molecule has 2 aromatic rings. The van der Waals surface area contributed by atoms with Crippen LogP contribution in [-0.2, 0) is 33.7 Å². The topological polar surface area (TPSA) is 91.0 Å². The molecular weight excluding hydrogens is 464 g/mol. The van der Waals surface area contributed by atoms with Crippen LogP contribution in [0.5, 0.6) is 5.75 Å². The van der Waals surface area contributed by atoms with Gasteiger partial charge >= 0.3 is 0 Å². The van der Waals surface area contributed by atoms with E-state index in [2.05, 4.69) is 24.5 Å². The molecule has 0 saturated heterocycles. The van der Waals surface area contributed by atoms with E-state index in [1.54, 1.807) is 26.1 Å². The van der Waals surface area contributed by atoms with Crippen molar-refractivity contribution in [1.82, 2.24) is 19.8 Å². The largest absolute Gasteiger partial charge is 0.497 e. The molecule has 0 aliphatic carbocycles. The van der Waals surface area contributed by atoms with Crippen LogP contribution in [0.4, 0.5) is 0 Å². The van der Waals surface area contributed by atoms with Gasteiger partial charge in [0.2, 0.25) is 11.8 Å². The molecule has 0 heterocycles. The first-order valence-electron chi connectivity index (χ1n) is 11.6. The first-order chi connectivity index (χ1) is 16.5. The molecule has 0 aromatic heterocycles. The fourth-order valence-corrected chi connectivity index (χ4v) is 4.75.